The Bertz CT molecular complexity index is 419. The van der Waals surface area contributed by atoms with Gasteiger partial charge in [0.2, 0.25) is 0 Å². The molecule has 0 atom stereocenters. The zero-order valence-electron chi connectivity index (χ0n) is 10.8. The van der Waals surface area contributed by atoms with E-state index in [0.717, 1.165) is 5.69 Å². The van der Waals surface area contributed by atoms with Gasteiger partial charge in [-0.2, -0.15) is 5.10 Å². The summed E-state index contributed by atoms with van der Waals surface area (Å²) in [4.78, 5) is 11.6. The van der Waals surface area contributed by atoms with E-state index in [0.29, 0.717) is 6.04 Å². The van der Waals surface area contributed by atoms with Gasteiger partial charge in [0, 0.05) is 0 Å². The van der Waals surface area contributed by atoms with Crippen molar-refractivity contribution in [3.8, 4) is 0 Å². The lowest BCUT2D eigenvalue weighted by Gasteiger charge is -2.26. The number of anilines is 1. The highest BCUT2D eigenvalue weighted by atomic mass is 17.0. The molecular weight excluding hydrogens is 218 g/mol. The summed E-state index contributed by atoms with van der Waals surface area (Å²) in [6.07, 6.45) is 6.21. The summed E-state index contributed by atoms with van der Waals surface area (Å²) in [7, 11) is 0. The highest BCUT2D eigenvalue weighted by molar-refractivity contribution is 5.38. The predicted molar refractivity (Wildman–Crippen MR) is 63.3 cm³/mol. The minimum absolute atomic E-state index is 0.352. The Labute approximate surface area is 101 Å². The van der Waals surface area contributed by atoms with Crippen LogP contribution in [0, 0.1) is 0 Å². The summed E-state index contributed by atoms with van der Waals surface area (Å²) in [5.41, 5.74) is 0.152. The van der Waals surface area contributed by atoms with Crippen LogP contribution in [0.2, 0.25) is 0 Å². The second-order valence-corrected chi connectivity index (χ2v) is 5.87. The van der Waals surface area contributed by atoms with E-state index in [1.54, 1.807) is 6.20 Å². The monoisotopic (exact) mass is 237 g/mol. The van der Waals surface area contributed by atoms with Crippen LogP contribution in [-0.4, -0.2) is 21.0 Å². The third-order valence-corrected chi connectivity index (χ3v) is 3.79. The van der Waals surface area contributed by atoms with Crippen molar-refractivity contribution >= 4 is 5.69 Å². The van der Waals surface area contributed by atoms with Crippen molar-refractivity contribution in [2.45, 2.75) is 57.8 Å². The molecule has 5 heteroatoms. The standard InChI is InChI=1S/C12H19N3O2/c1-11(2)12(3,4)17-15(16-11)10-7-13-14(8-10)9-5-6-9/h7-9H,5-6H2,1-4H3. The largest absolute Gasteiger partial charge is 0.267 e. The summed E-state index contributed by atoms with van der Waals surface area (Å²) < 4.78 is 1.99. The molecule has 1 aromatic rings. The normalized spacial score (nSPS) is 26.5. The van der Waals surface area contributed by atoms with Gasteiger partial charge in [0.1, 0.15) is 16.9 Å². The van der Waals surface area contributed by atoms with Crippen LogP contribution in [0.5, 0.6) is 0 Å². The van der Waals surface area contributed by atoms with Gasteiger partial charge >= 0.3 is 0 Å². The van der Waals surface area contributed by atoms with Crippen LogP contribution in [0.15, 0.2) is 12.4 Å². The Hall–Kier alpha value is -1.07. The van der Waals surface area contributed by atoms with Gasteiger partial charge in [-0.25, -0.2) is 9.68 Å². The first-order valence-electron chi connectivity index (χ1n) is 6.12. The van der Waals surface area contributed by atoms with Crippen molar-refractivity contribution in [3.05, 3.63) is 12.4 Å². The first-order chi connectivity index (χ1) is 7.89. The number of hydrogen-bond acceptors (Lipinski definition) is 4. The summed E-state index contributed by atoms with van der Waals surface area (Å²) in [5.74, 6) is 0. The molecule has 2 aliphatic rings. The summed E-state index contributed by atoms with van der Waals surface area (Å²) in [6, 6.07) is 0.576. The van der Waals surface area contributed by atoms with E-state index >= 15 is 0 Å². The molecule has 0 radical (unpaired) electrons. The van der Waals surface area contributed by atoms with E-state index in [-0.39, 0.29) is 11.2 Å². The fraction of sp³-hybridized carbons (Fsp3) is 0.750. The van der Waals surface area contributed by atoms with E-state index < -0.39 is 0 Å². The van der Waals surface area contributed by atoms with E-state index in [1.807, 2.05) is 38.6 Å². The Morgan fingerprint density at radius 1 is 1.18 bits per heavy atom. The number of hydrogen-bond donors (Lipinski definition) is 0. The summed E-state index contributed by atoms with van der Waals surface area (Å²) in [6.45, 7) is 8.10. The third kappa shape index (κ3) is 1.73. The lowest BCUT2D eigenvalue weighted by Crippen LogP contribution is -2.41. The molecule has 1 aliphatic carbocycles. The Kier molecular flexibility index (Phi) is 2.10. The van der Waals surface area contributed by atoms with Crippen molar-refractivity contribution in [2.24, 2.45) is 0 Å². The molecule has 0 bridgehead atoms. The summed E-state index contributed by atoms with van der Waals surface area (Å²) in [5, 5.41) is 5.83. The van der Waals surface area contributed by atoms with Crippen LogP contribution in [0.25, 0.3) is 0 Å². The van der Waals surface area contributed by atoms with Gasteiger partial charge in [-0.1, -0.05) is 0 Å². The average Bonchev–Trinajstić information content (AvgIpc) is 2.89. The van der Waals surface area contributed by atoms with Gasteiger partial charge in [0.05, 0.1) is 18.4 Å². The molecule has 2 heterocycles. The molecule has 0 spiro atoms. The molecular formula is C12H19N3O2. The SMILES string of the molecule is CC1(C)ON(c2cnn(C3CC3)c2)OC1(C)C. The van der Waals surface area contributed by atoms with Gasteiger partial charge in [-0.15, -0.1) is 5.23 Å². The van der Waals surface area contributed by atoms with Gasteiger partial charge in [0.15, 0.2) is 0 Å². The Morgan fingerprint density at radius 3 is 2.29 bits per heavy atom. The summed E-state index contributed by atoms with van der Waals surface area (Å²) >= 11 is 0. The van der Waals surface area contributed by atoms with E-state index in [1.165, 1.54) is 18.1 Å². The highest BCUT2D eigenvalue weighted by Crippen LogP contribution is 2.41. The molecule has 17 heavy (non-hydrogen) atoms. The minimum Gasteiger partial charge on any atom is -0.267 e. The zero-order valence-corrected chi connectivity index (χ0v) is 10.8. The van der Waals surface area contributed by atoms with Crippen molar-refractivity contribution in [3.63, 3.8) is 0 Å². The van der Waals surface area contributed by atoms with Crippen molar-refractivity contribution in [1.82, 2.24) is 9.78 Å². The molecule has 5 nitrogen and oxygen atoms in total. The molecule has 1 saturated carbocycles. The molecule has 0 unspecified atom stereocenters. The quantitative estimate of drug-likeness (QED) is 0.792. The maximum Gasteiger partial charge on any atom is 0.133 e. The van der Waals surface area contributed by atoms with Crippen molar-refractivity contribution in [1.29, 1.82) is 0 Å². The van der Waals surface area contributed by atoms with Crippen LogP contribution in [0.3, 0.4) is 0 Å². The fourth-order valence-corrected chi connectivity index (χ4v) is 1.72. The second-order valence-electron chi connectivity index (χ2n) is 5.87. The predicted octanol–water partition coefficient (Wildman–Crippen LogP) is 2.46. The molecule has 1 aromatic heterocycles. The molecule has 94 valence electrons. The van der Waals surface area contributed by atoms with Gasteiger partial charge < -0.3 is 0 Å². The second kappa shape index (κ2) is 3.23. The van der Waals surface area contributed by atoms with E-state index in [4.69, 9.17) is 9.68 Å². The highest BCUT2D eigenvalue weighted by Gasteiger charge is 2.50. The molecule has 1 saturated heterocycles. The van der Waals surface area contributed by atoms with E-state index in [2.05, 4.69) is 5.10 Å². The Morgan fingerprint density at radius 2 is 1.76 bits per heavy atom. The van der Waals surface area contributed by atoms with Crippen molar-refractivity contribution < 1.29 is 9.68 Å². The maximum atomic E-state index is 5.82. The van der Waals surface area contributed by atoms with Crippen LogP contribution in [-0.2, 0) is 9.68 Å². The van der Waals surface area contributed by atoms with Crippen LogP contribution < -0.4 is 5.23 Å². The van der Waals surface area contributed by atoms with Crippen molar-refractivity contribution in [2.75, 3.05) is 5.23 Å². The molecule has 3 rings (SSSR count). The zero-order chi connectivity index (χ0) is 12.3. The third-order valence-electron chi connectivity index (χ3n) is 3.79. The lowest BCUT2D eigenvalue weighted by atomic mass is 9.90. The molecule has 0 N–H and O–H groups in total. The minimum atomic E-state index is -0.352. The molecule has 0 amide bonds. The molecule has 1 aliphatic heterocycles. The smallest absolute Gasteiger partial charge is 0.133 e. The topological polar surface area (TPSA) is 39.5 Å². The van der Waals surface area contributed by atoms with Gasteiger partial charge in [-0.05, 0) is 40.5 Å². The first-order valence-corrected chi connectivity index (χ1v) is 6.12. The Balaban J connectivity index is 1.81. The van der Waals surface area contributed by atoms with Crippen LogP contribution in [0.1, 0.15) is 46.6 Å². The van der Waals surface area contributed by atoms with Crippen LogP contribution in [0.4, 0.5) is 5.69 Å². The van der Waals surface area contributed by atoms with Gasteiger partial charge in [-0.3, -0.25) is 4.68 Å². The van der Waals surface area contributed by atoms with E-state index in [9.17, 15) is 0 Å². The average molecular weight is 237 g/mol. The molecule has 2 fully saturated rings. The maximum absolute atomic E-state index is 5.82. The number of rotatable bonds is 2. The lowest BCUT2D eigenvalue weighted by molar-refractivity contribution is -0.0273. The first kappa shape index (κ1) is 11.0. The fourth-order valence-electron chi connectivity index (χ4n) is 1.72. The molecule has 0 aromatic carbocycles. The number of nitrogens with zero attached hydrogens (tertiary/aromatic N) is 3. The van der Waals surface area contributed by atoms with Crippen LogP contribution >= 0.6 is 0 Å². The number of aromatic nitrogens is 2. The van der Waals surface area contributed by atoms with Gasteiger partial charge in [0.25, 0.3) is 0 Å².